The van der Waals surface area contributed by atoms with Crippen LogP contribution in [-0.2, 0) is 9.16 Å². The van der Waals surface area contributed by atoms with E-state index in [-0.39, 0.29) is 23.2 Å². The molecule has 1 aromatic heterocycles. The van der Waals surface area contributed by atoms with Crippen molar-refractivity contribution in [1.82, 2.24) is 9.55 Å². The number of aromatic nitrogens is 2. The SMILES string of the molecule is CC[C@H]1O[C@@H](n2ccc(=O)[nH]c2=O)C(O[Si](C)(C)C(C)(C)C)[C@H]1C. The monoisotopic (exact) mass is 354 g/mol. The van der Waals surface area contributed by atoms with Gasteiger partial charge in [-0.25, -0.2) is 4.79 Å². The average Bonchev–Trinajstić information content (AvgIpc) is 2.74. The van der Waals surface area contributed by atoms with Crippen molar-refractivity contribution in [3.63, 3.8) is 0 Å². The highest BCUT2D eigenvalue weighted by molar-refractivity contribution is 6.74. The number of ether oxygens (including phenoxy) is 1. The summed E-state index contributed by atoms with van der Waals surface area (Å²) in [5.41, 5.74) is -0.864. The van der Waals surface area contributed by atoms with Crippen LogP contribution in [0.1, 0.15) is 47.3 Å². The molecule has 7 heteroatoms. The Hall–Kier alpha value is -1.18. The maximum Gasteiger partial charge on any atom is 0.330 e. The summed E-state index contributed by atoms with van der Waals surface area (Å²) < 4.78 is 14.2. The highest BCUT2D eigenvalue weighted by atomic mass is 28.4. The van der Waals surface area contributed by atoms with Crippen molar-refractivity contribution in [1.29, 1.82) is 0 Å². The van der Waals surface area contributed by atoms with Gasteiger partial charge in [-0.05, 0) is 24.6 Å². The normalized spacial score (nSPS) is 28.3. The van der Waals surface area contributed by atoms with Gasteiger partial charge in [0.05, 0.1) is 12.2 Å². The van der Waals surface area contributed by atoms with E-state index in [0.717, 1.165) is 6.42 Å². The summed E-state index contributed by atoms with van der Waals surface area (Å²) in [5, 5.41) is 0.0670. The maximum atomic E-state index is 12.2. The van der Waals surface area contributed by atoms with Crippen LogP contribution in [0, 0.1) is 5.92 Å². The molecule has 136 valence electrons. The molecular formula is C17H30N2O4Si. The molecule has 0 aromatic carbocycles. The highest BCUT2D eigenvalue weighted by Crippen LogP contribution is 2.43. The lowest BCUT2D eigenvalue weighted by molar-refractivity contribution is -0.0371. The first-order chi connectivity index (χ1) is 11.0. The maximum absolute atomic E-state index is 12.2. The molecule has 1 aliphatic rings. The zero-order chi connectivity index (χ0) is 18.3. The standard InChI is InChI=1S/C17H30N2O4Si/c1-8-12-11(2)14(23-24(6,7)17(3,4)5)15(22-12)19-10-9-13(20)18-16(19)21/h9-12,14-15H,8H2,1-7H3,(H,18,20,21)/t11-,12+,14?,15+/m0/s1. The van der Waals surface area contributed by atoms with Gasteiger partial charge in [0.2, 0.25) is 0 Å². The molecule has 1 aromatic rings. The van der Waals surface area contributed by atoms with Gasteiger partial charge >= 0.3 is 5.69 Å². The summed E-state index contributed by atoms with van der Waals surface area (Å²) in [6, 6.07) is 1.35. The van der Waals surface area contributed by atoms with Gasteiger partial charge in [0.25, 0.3) is 5.56 Å². The molecule has 2 heterocycles. The van der Waals surface area contributed by atoms with Crippen molar-refractivity contribution in [3.05, 3.63) is 33.1 Å². The molecule has 0 amide bonds. The Morgan fingerprint density at radius 2 is 1.96 bits per heavy atom. The molecule has 4 atom stereocenters. The average molecular weight is 355 g/mol. The zero-order valence-corrected chi connectivity index (χ0v) is 16.8. The summed E-state index contributed by atoms with van der Waals surface area (Å²) >= 11 is 0. The molecule has 1 N–H and O–H groups in total. The highest BCUT2D eigenvalue weighted by Gasteiger charge is 2.48. The molecule has 0 radical (unpaired) electrons. The van der Waals surface area contributed by atoms with Gasteiger partial charge in [0.1, 0.15) is 0 Å². The van der Waals surface area contributed by atoms with E-state index >= 15 is 0 Å². The van der Waals surface area contributed by atoms with Gasteiger partial charge in [0, 0.05) is 18.2 Å². The van der Waals surface area contributed by atoms with Crippen molar-refractivity contribution < 1.29 is 9.16 Å². The second-order valence-corrected chi connectivity index (χ2v) is 12.9. The van der Waals surface area contributed by atoms with Crippen LogP contribution in [0.5, 0.6) is 0 Å². The molecule has 2 rings (SSSR count). The molecule has 0 bridgehead atoms. The van der Waals surface area contributed by atoms with Crippen molar-refractivity contribution in [2.45, 2.75) is 77.6 Å². The van der Waals surface area contributed by atoms with E-state index < -0.39 is 25.8 Å². The van der Waals surface area contributed by atoms with E-state index in [0.29, 0.717) is 0 Å². The Labute approximate surface area is 144 Å². The number of hydrogen-bond donors (Lipinski definition) is 1. The van der Waals surface area contributed by atoms with Gasteiger partial charge in [0.15, 0.2) is 14.5 Å². The fourth-order valence-corrected chi connectivity index (χ4v) is 4.22. The predicted molar refractivity (Wildman–Crippen MR) is 96.8 cm³/mol. The van der Waals surface area contributed by atoms with Crippen LogP contribution in [0.4, 0.5) is 0 Å². The van der Waals surface area contributed by atoms with Crippen LogP contribution >= 0.6 is 0 Å². The molecule has 1 aliphatic heterocycles. The first kappa shape index (κ1) is 19.1. The van der Waals surface area contributed by atoms with E-state index in [9.17, 15) is 9.59 Å². The molecule has 0 aliphatic carbocycles. The van der Waals surface area contributed by atoms with E-state index in [1.165, 1.54) is 16.8 Å². The smallest absolute Gasteiger partial charge is 0.330 e. The third-order valence-corrected chi connectivity index (χ3v) is 9.94. The van der Waals surface area contributed by atoms with Gasteiger partial charge in [-0.2, -0.15) is 0 Å². The Balaban J connectivity index is 2.41. The molecule has 1 saturated heterocycles. The minimum Gasteiger partial charge on any atom is -0.409 e. The first-order valence-electron chi connectivity index (χ1n) is 8.62. The fraction of sp³-hybridized carbons (Fsp3) is 0.765. The van der Waals surface area contributed by atoms with Crippen LogP contribution in [0.2, 0.25) is 18.1 Å². The Morgan fingerprint density at radius 1 is 1.33 bits per heavy atom. The van der Waals surface area contributed by atoms with Crippen LogP contribution in [0.3, 0.4) is 0 Å². The van der Waals surface area contributed by atoms with E-state index in [2.05, 4.69) is 52.7 Å². The van der Waals surface area contributed by atoms with Gasteiger partial charge < -0.3 is 9.16 Å². The minimum absolute atomic E-state index is 0.0311. The molecule has 6 nitrogen and oxygen atoms in total. The number of aromatic amines is 1. The molecule has 0 spiro atoms. The van der Waals surface area contributed by atoms with Crippen molar-refractivity contribution in [3.8, 4) is 0 Å². The Kier molecular flexibility index (Phi) is 5.27. The molecule has 1 fully saturated rings. The van der Waals surface area contributed by atoms with E-state index in [1.807, 2.05) is 0 Å². The van der Waals surface area contributed by atoms with Crippen LogP contribution < -0.4 is 11.2 Å². The Morgan fingerprint density at radius 3 is 2.46 bits per heavy atom. The van der Waals surface area contributed by atoms with Crippen molar-refractivity contribution in [2.75, 3.05) is 0 Å². The number of rotatable bonds is 4. The molecule has 24 heavy (non-hydrogen) atoms. The van der Waals surface area contributed by atoms with Crippen LogP contribution in [0.15, 0.2) is 21.9 Å². The van der Waals surface area contributed by atoms with Crippen molar-refractivity contribution in [2.24, 2.45) is 5.92 Å². The van der Waals surface area contributed by atoms with Gasteiger partial charge in [-0.15, -0.1) is 0 Å². The summed E-state index contributed by atoms with van der Waals surface area (Å²) in [6.07, 6.45) is 1.66. The number of nitrogens with one attached hydrogen (secondary N) is 1. The Bertz CT molecular complexity index is 689. The quantitative estimate of drug-likeness (QED) is 0.844. The summed E-state index contributed by atoms with van der Waals surface area (Å²) in [7, 11) is -2.02. The zero-order valence-electron chi connectivity index (χ0n) is 15.8. The van der Waals surface area contributed by atoms with Crippen LogP contribution in [-0.4, -0.2) is 30.1 Å². The molecule has 1 unspecified atom stereocenters. The first-order valence-corrected chi connectivity index (χ1v) is 11.5. The fourth-order valence-electron chi connectivity index (χ4n) is 2.85. The summed E-state index contributed by atoms with van der Waals surface area (Å²) in [4.78, 5) is 25.9. The second-order valence-electron chi connectivity index (χ2n) is 8.19. The van der Waals surface area contributed by atoms with E-state index in [1.54, 1.807) is 0 Å². The minimum atomic E-state index is -2.02. The second kappa shape index (κ2) is 6.61. The predicted octanol–water partition coefficient (Wildman–Crippen LogP) is 2.87. The van der Waals surface area contributed by atoms with Crippen LogP contribution in [0.25, 0.3) is 0 Å². The lowest BCUT2D eigenvalue weighted by Crippen LogP contribution is -2.47. The number of nitrogens with zero attached hydrogens (tertiary/aromatic N) is 1. The third kappa shape index (κ3) is 3.58. The summed E-state index contributed by atoms with van der Waals surface area (Å²) in [6.45, 7) is 15.2. The lowest BCUT2D eigenvalue weighted by atomic mass is 9.99. The molecule has 0 saturated carbocycles. The number of H-pyrrole nitrogens is 1. The molecular weight excluding hydrogens is 324 g/mol. The summed E-state index contributed by atoms with van der Waals surface area (Å²) in [5.74, 6) is 0.174. The lowest BCUT2D eigenvalue weighted by Gasteiger charge is -2.40. The topological polar surface area (TPSA) is 73.3 Å². The van der Waals surface area contributed by atoms with E-state index in [4.69, 9.17) is 9.16 Å². The third-order valence-electron chi connectivity index (χ3n) is 5.46. The largest absolute Gasteiger partial charge is 0.409 e. The van der Waals surface area contributed by atoms with Gasteiger partial charge in [-0.1, -0.05) is 34.6 Å². The number of hydrogen-bond acceptors (Lipinski definition) is 4. The van der Waals surface area contributed by atoms with Crippen molar-refractivity contribution >= 4 is 8.32 Å². The van der Waals surface area contributed by atoms with Gasteiger partial charge in [-0.3, -0.25) is 14.3 Å².